The van der Waals surface area contributed by atoms with Crippen LogP contribution in [0.4, 0.5) is 0 Å². The highest BCUT2D eigenvalue weighted by atomic mass is 16.3. The molecule has 1 aliphatic rings. The van der Waals surface area contributed by atoms with Gasteiger partial charge < -0.3 is 21.2 Å². The molecule has 1 atom stereocenters. The maximum Gasteiger partial charge on any atom is 0.159 e. The fourth-order valence-electron chi connectivity index (χ4n) is 3.03. The highest BCUT2D eigenvalue weighted by Crippen LogP contribution is 2.30. The Bertz CT molecular complexity index is 929. The molecule has 122 valence electrons. The van der Waals surface area contributed by atoms with Gasteiger partial charge in [-0.2, -0.15) is 0 Å². The summed E-state index contributed by atoms with van der Waals surface area (Å²) in [5.41, 5.74) is 17.4. The Balaban J connectivity index is 1.76. The first-order valence-electron chi connectivity index (χ1n) is 7.86. The zero-order valence-corrected chi connectivity index (χ0v) is 13.3. The summed E-state index contributed by atoms with van der Waals surface area (Å²) < 4.78 is 0. The molecule has 6 N–H and O–H groups in total. The second-order valence-corrected chi connectivity index (χ2v) is 5.96. The van der Waals surface area contributed by atoms with E-state index < -0.39 is 0 Å². The van der Waals surface area contributed by atoms with Crippen LogP contribution in [0, 0.1) is 6.92 Å². The van der Waals surface area contributed by atoms with Crippen LogP contribution < -0.4 is 16.6 Å². The Morgan fingerprint density at radius 3 is 2.75 bits per heavy atom. The van der Waals surface area contributed by atoms with Crippen molar-refractivity contribution in [1.29, 1.82) is 0 Å². The van der Waals surface area contributed by atoms with Crippen molar-refractivity contribution in [2.45, 2.75) is 19.5 Å². The van der Waals surface area contributed by atoms with Crippen molar-refractivity contribution in [2.24, 2.45) is 5.73 Å². The van der Waals surface area contributed by atoms with Gasteiger partial charge in [0.25, 0.3) is 0 Å². The van der Waals surface area contributed by atoms with E-state index in [9.17, 15) is 5.11 Å². The first-order chi connectivity index (χ1) is 11.7. The van der Waals surface area contributed by atoms with E-state index >= 15 is 0 Å². The smallest absolute Gasteiger partial charge is 0.159 e. The molecule has 2 heterocycles. The average Bonchev–Trinajstić information content (AvgIpc) is 3.17. The lowest BCUT2D eigenvalue weighted by atomic mass is 10.1. The number of rotatable bonds is 3. The van der Waals surface area contributed by atoms with Gasteiger partial charge in [-0.15, -0.1) is 0 Å². The quantitative estimate of drug-likeness (QED) is 0.510. The van der Waals surface area contributed by atoms with E-state index in [1.165, 1.54) is 0 Å². The van der Waals surface area contributed by atoms with Gasteiger partial charge in [0.05, 0.1) is 11.0 Å². The van der Waals surface area contributed by atoms with Crippen molar-refractivity contribution in [3.05, 3.63) is 70.7 Å². The zero-order chi connectivity index (χ0) is 16.7. The summed E-state index contributed by atoms with van der Waals surface area (Å²) in [5.74, 6) is 0.818. The minimum atomic E-state index is -0.296. The van der Waals surface area contributed by atoms with Crippen LogP contribution in [0.5, 0.6) is 0 Å². The van der Waals surface area contributed by atoms with E-state index in [0.717, 1.165) is 27.7 Å². The molecular weight excluding hydrogens is 302 g/mol. The zero-order valence-electron chi connectivity index (χ0n) is 13.3. The maximum atomic E-state index is 10.6. The van der Waals surface area contributed by atoms with Crippen molar-refractivity contribution in [2.75, 3.05) is 0 Å². The van der Waals surface area contributed by atoms with Crippen LogP contribution in [0.3, 0.4) is 0 Å². The molecule has 1 aromatic heterocycles. The predicted molar refractivity (Wildman–Crippen MR) is 93.7 cm³/mol. The van der Waals surface area contributed by atoms with Crippen molar-refractivity contribution in [3.8, 4) is 0 Å². The number of aliphatic hydroxyl groups is 1. The number of aromatic nitrogens is 2. The minimum Gasteiger partial charge on any atom is -0.508 e. The summed E-state index contributed by atoms with van der Waals surface area (Å²) in [7, 11) is 0. The number of hydrogen-bond donors (Lipinski definition) is 5. The SMILES string of the molecule is Cc1cc2[nH]c(C3=C(O)C(c4ccccc4)NN3)nc2cc1CN. The Labute approximate surface area is 139 Å². The van der Waals surface area contributed by atoms with Crippen LogP contribution in [-0.4, -0.2) is 15.1 Å². The molecule has 24 heavy (non-hydrogen) atoms. The number of H-pyrrole nitrogens is 1. The lowest BCUT2D eigenvalue weighted by Crippen LogP contribution is -2.26. The summed E-state index contributed by atoms with van der Waals surface area (Å²) in [5, 5.41) is 10.6. The molecule has 0 aliphatic carbocycles. The van der Waals surface area contributed by atoms with Crippen LogP contribution >= 0.6 is 0 Å². The summed E-state index contributed by atoms with van der Waals surface area (Å²) in [6, 6.07) is 13.5. The average molecular weight is 321 g/mol. The fourth-order valence-corrected chi connectivity index (χ4v) is 3.03. The van der Waals surface area contributed by atoms with Crippen LogP contribution in [0.15, 0.2) is 48.2 Å². The van der Waals surface area contributed by atoms with Crippen molar-refractivity contribution >= 4 is 16.7 Å². The van der Waals surface area contributed by atoms with Gasteiger partial charge in [-0.25, -0.2) is 10.4 Å². The number of benzene rings is 2. The van der Waals surface area contributed by atoms with Gasteiger partial charge in [0.2, 0.25) is 0 Å². The third-order valence-electron chi connectivity index (χ3n) is 4.40. The molecule has 2 aromatic carbocycles. The van der Waals surface area contributed by atoms with E-state index in [4.69, 9.17) is 5.73 Å². The van der Waals surface area contributed by atoms with Crippen LogP contribution in [0.25, 0.3) is 16.7 Å². The van der Waals surface area contributed by atoms with Crippen molar-refractivity contribution < 1.29 is 5.11 Å². The molecule has 0 saturated carbocycles. The molecule has 0 radical (unpaired) electrons. The number of hydrogen-bond acceptors (Lipinski definition) is 5. The summed E-state index contributed by atoms with van der Waals surface area (Å²) >= 11 is 0. The summed E-state index contributed by atoms with van der Waals surface area (Å²) in [6.07, 6.45) is 0. The van der Waals surface area contributed by atoms with E-state index in [-0.39, 0.29) is 11.8 Å². The lowest BCUT2D eigenvalue weighted by molar-refractivity contribution is 0.363. The molecule has 0 saturated heterocycles. The first kappa shape index (κ1) is 14.7. The van der Waals surface area contributed by atoms with Gasteiger partial charge in [0.15, 0.2) is 5.82 Å². The molecule has 1 unspecified atom stereocenters. The molecule has 0 spiro atoms. The number of imidazole rings is 1. The van der Waals surface area contributed by atoms with Crippen LogP contribution in [0.2, 0.25) is 0 Å². The number of fused-ring (bicyclic) bond motifs is 1. The normalized spacial score (nSPS) is 17.5. The van der Waals surface area contributed by atoms with Gasteiger partial charge in [0.1, 0.15) is 17.5 Å². The standard InChI is InChI=1S/C18H19N5O/c1-10-7-13-14(8-12(10)9-19)21-18(20-13)16-17(24)15(22-23-16)11-5-3-2-4-6-11/h2-8,15,22-24H,9,19H2,1H3,(H,20,21). The largest absolute Gasteiger partial charge is 0.508 e. The van der Waals surface area contributed by atoms with Gasteiger partial charge in [0, 0.05) is 6.54 Å². The highest BCUT2D eigenvalue weighted by molar-refractivity contribution is 5.80. The number of nitrogens with two attached hydrogens (primary N) is 1. The number of nitrogens with zero attached hydrogens (tertiary/aromatic N) is 1. The number of aryl methyl sites for hydroxylation is 1. The Morgan fingerprint density at radius 2 is 2.00 bits per heavy atom. The molecule has 0 amide bonds. The highest BCUT2D eigenvalue weighted by Gasteiger charge is 2.28. The predicted octanol–water partition coefficient (Wildman–Crippen LogP) is 2.41. The molecule has 0 fully saturated rings. The topological polar surface area (TPSA) is 99.0 Å². The maximum absolute atomic E-state index is 10.6. The van der Waals surface area contributed by atoms with Crippen LogP contribution in [0.1, 0.15) is 28.6 Å². The molecule has 1 aliphatic heterocycles. The molecule has 0 bridgehead atoms. The monoisotopic (exact) mass is 321 g/mol. The van der Waals surface area contributed by atoms with E-state index in [2.05, 4.69) is 20.8 Å². The minimum absolute atomic E-state index is 0.219. The summed E-state index contributed by atoms with van der Waals surface area (Å²) in [6.45, 7) is 2.51. The number of aromatic amines is 1. The lowest BCUT2D eigenvalue weighted by Gasteiger charge is -2.09. The van der Waals surface area contributed by atoms with Crippen LogP contribution in [-0.2, 0) is 6.54 Å². The fraction of sp³-hybridized carbons (Fsp3) is 0.167. The summed E-state index contributed by atoms with van der Waals surface area (Å²) in [4.78, 5) is 7.85. The first-order valence-corrected chi connectivity index (χ1v) is 7.86. The van der Waals surface area contributed by atoms with Crippen molar-refractivity contribution in [3.63, 3.8) is 0 Å². The molecule has 6 nitrogen and oxygen atoms in total. The number of aliphatic hydroxyl groups excluding tert-OH is 1. The second kappa shape index (κ2) is 5.67. The van der Waals surface area contributed by atoms with Gasteiger partial charge >= 0.3 is 0 Å². The van der Waals surface area contributed by atoms with E-state index in [0.29, 0.717) is 18.1 Å². The van der Waals surface area contributed by atoms with Gasteiger partial charge in [-0.05, 0) is 35.7 Å². The molecule has 4 rings (SSSR count). The third-order valence-corrected chi connectivity index (χ3v) is 4.40. The van der Waals surface area contributed by atoms with E-state index in [1.54, 1.807) is 0 Å². The Hall–Kier alpha value is -2.83. The van der Waals surface area contributed by atoms with E-state index in [1.807, 2.05) is 49.4 Å². The molecule has 3 aromatic rings. The van der Waals surface area contributed by atoms with Gasteiger partial charge in [-0.3, -0.25) is 0 Å². The molecule has 6 heteroatoms. The third kappa shape index (κ3) is 2.33. The Morgan fingerprint density at radius 1 is 1.21 bits per heavy atom. The Kier molecular flexibility index (Phi) is 3.48. The van der Waals surface area contributed by atoms with Crippen molar-refractivity contribution in [1.82, 2.24) is 20.8 Å². The number of nitrogens with one attached hydrogen (secondary N) is 3. The number of hydrazine groups is 1. The van der Waals surface area contributed by atoms with Gasteiger partial charge in [-0.1, -0.05) is 30.3 Å². The second-order valence-electron chi connectivity index (χ2n) is 5.96. The molecular formula is C18H19N5O.